The van der Waals surface area contributed by atoms with E-state index in [4.69, 9.17) is 9.47 Å². The van der Waals surface area contributed by atoms with Gasteiger partial charge in [-0.1, -0.05) is 32.4 Å². The molecule has 170 valence electrons. The first-order valence-electron chi connectivity index (χ1n) is 10.1. The van der Waals surface area contributed by atoms with Gasteiger partial charge in [-0.15, -0.1) is 0 Å². The number of ether oxygens (including phenoxy) is 3. The lowest BCUT2D eigenvalue weighted by molar-refractivity contribution is -0.149. The Balaban J connectivity index is 1.90. The highest BCUT2D eigenvalue weighted by atomic mass is 19.4. The molecular formula is C22H27F3N2O4. The molecular weight excluding hydrogens is 413 g/mol. The van der Waals surface area contributed by atoms with Crippen molar-refractivity contribution in [2.75, 3.05) is 6.61 Å². The van der Waals surface area contributed by atoms with Gasteiger partial charge in [0.05, 0.1) is 25.3 Å². The Morgan fingerprint density at radius 1 is 1.16 bits per heavy atom. The summed E-state index contributed by atoms with van der Waals surface area (Å²) in [5.41, 5.74) is 1.65. The van der Waals surface area contributed by atoms with Crippen LogP contribution >= 0.6 is 0 Å². The highest BCUT2D eigenvalue weighted by Crippen LogP contribution is 2.27. The number of esters is 1. The predicted octanol–water partition coefficient (Wildman–Crippen LogP) is 5.23. The number of rotatable bonds is 11. The molecule has 0 aliphatic heterocycles. The maximum Gasteiger partial charge on any atom is 0.452 e. The van der Waals surface area contributed by atoms with E-state index in [0.29, 0.717) is 12.8 Å². The molecule has 0 saturated carbocycles. The molecule has 0 bridgehead atoms. The molecule has 1 aromatic heterocycles. The highest BCUT2D eigenvalue weighted by Gasteiger charge is 2.36. The summed E-state index contributed by atoms with van der Waals surface area (Å²) in [6, 6.07) is 6.58. The number of carbonyl (C=O) groups excluding carboxylic acids is 1. The largest absolute Gasteiger partial charge is 0.487 e. The second kappa shape index (κ2) is 11.4. The Morgan fingerprint density at radius 2 is 1.87 bits per heavy atom. The lowest BCUT2D eigenvalue weighted by Crippen LogP contribution is -2.15. The van der Waals surface area contributed by atoms with Crippen LogP contribution in [-0.2, 0) is 27.4 Å². The standard InChI is InChI=1S/C22H27F3N2O4/c1-4-6-16(3)21(28)31-14-18-11-26-27(13-18)12-17-7-9-19(10-8-17)30-15-20(29-5-2)22(23,24)25/h7-11,13,15-16H,4-6,12,14H2,1-3H3/b20-15-. The van der Waals surface area contributed by atoms with Crippen LogP contribution in [0.15, 0.2) is 48.7 Å². The lowest BCUT2D eigenvalue weighted by Gasteiger charge is -2.12. The predicted molar refractivity (Wildman–Crippen MR) is 108 cm³/mol. The number of carbonyl (C=O) groups is 1. The van der Waals surface area contributed by atoms with Crippen molar-refractivity contribution in [3.63, 3.8) is 0 Å². The van der Waals surface area contributed by atoms with Crippen molar-refractivity contribution in [1.29, 1.82) is 0 Å². The van der Waals surface area contributed by atoms with E-state index >= 15 is 0 Å². The quantitative estimate of drug-likeness (QED) is 0.354. The minimum absolute atomic E-state index is 0.115. The summed E-state index contributed by atoms with van der Waals surface area (Å²) in [5, 5.41) is 4.24. The monoisotopic (exact) mass is 440 g/mol. The molecule has 0 saturated heterocycles. The first-order chi connectivity index (χ1) is 14.7. The zero-order chi connectivity index (χ0) is 22.9. The van der Waals surface area contributed by atoms with Crippen molar-refractivity contribution >= 4 is 5.97 Å². The van der Waals surface area contributed by atoms with Crippen molar-refractivity contribution in [3.05, 3.63) is 59.8 Å². The van der Waals surface area contributed by atoms with Gasteiger partial charge in [0.15, 0.2) is 0 Å². The van der Waals surface area contributed by atoms with E-state index in [1.165, 1.54) is 6.92 Å². The maximum absolute atomic E-state index is 12.8. The zero-order valence-electron chi connectivity index (χ0n) is 17.8. The van der Waals surface area contributed by atoms with Gasteiger partial charge < -0.3 is 14.2 Å². The minimum Gasteiger partial charge on any atom is -0.487 e. The molecule has 0 radical (unpaired) electrons. The van der Waals surface area contributed by atoms with E-state index in [1.54, 1.807) is 41.3 Å². The number of hydrogen-bond acceptors (Lipinski definition) is 5. The van der Waals surface area contributed by atoms with Crippen LogP contribution in [-0.4, -0.2) is 28.5 Å². The molecule has 6 nitrogen and oxygen atoms in total. The van der Waals surface area contributed by atoms with Crippen molar-refractivity contribution < 1.29 is 32.2 Å². The fraction of sp³-hybridized carbons (Fsp3) is 0.455. The van der Waals surface area contributed by atoms with E-state index in [9.17, 15) is 18.0 Å². The second-order valence-electron chi connectivity index (χ2n) is 7.02. The van der Waals surface area contributed by atoms with Crippen LogP contribution in [0.25, 0.3) is 0 Å². The Hall–Kier alpha value is -2.97. The minimum atomic E-state index is -4.61. The summed E-state index contributed by atoms with van der Waals surface area (Å²) in [4.78, 5) is 11.9. The zero-order valence-corrected chi connectivity index (χ0v) is 17.8. The van der Waals surface area contributed by atoms with Crippen molar-refractivity contribution in [2.24, 2.45) is 5.92 Å². The third-order valence-electron chi connectivity index (χ3n) is 4.34. The van der Waals surface area contributed by atoms with Crippen LogP contribution in [0.5, 0.6) is 5.75 Å². The maximum atomic E-state index is 12.8. The molecule has 0 aliphatic rings. The van der Waals surface area contributed by atoms with Gasteiger partial charge in [-0.05, 0) is 31.0 Å². The van der Waals surface area contributed by atoms with E-state index in [-0.39, 0.29) is 30.9 Å². The summed E-state index contributed by atoms with van der Waals surface area (Å²) < 4.78 is 55.0. The van der Waals surface area contributed by atoms with Gasteiger partial charge in [-0.3, -0.25) is 9.48 Å². The van der Waals surface area contributed by atoms with Crippen LogP contribution in [0.3, 0.4) is 0 Å². The molecule has 1 heterocycles. The van der Waals surface area contributed by atoms with E-state index in [0.717, 1.165) is 24.0 Å². The molecule has 2 rings (SSSR count). The molecule has 31 heavy (non-hydrogen) atoms. The van der Waals surface area contributed by atoms with Gasteiger partial charge >= 0.3 is 12.1 Å². The van der Waals surface area contributed by atoms with Crippen molar-refractivity contribution in [3.8, 4) is 5.75 Å². The fourth-order valence-corrected chi connectivity index (χ4v) is 2.74. The SMILES string of the molecule is CCCC(C)C(=O)OCc1cnn(Cc2ccc(O/C=C(\OCC)C(F)(F)F)cc2)c1. The summed E-state index contributed by atoms with van der Waals surface area (Å²) in [6.07, 6.45) is 1.06. The molecule has 0 N–H and O–H groups in total. The summed E-state index contributed by atoms with van der Waals surface area (Å²) >= 11 is 0. The summed E-state index contributed by atoms with van der Waals surface area (Å²) in [7, 11) is 0. The number of benzene rings is 1. The van der Waals surface area contributed by atoms with Gasteiger partial charge in [-0.25, -0.2) is 0 Å². The molecule has 0 fully saturated rings. The number of aromatic nitrogens is 2. The molecule has 1 unspecified atom stereocenters. The van der Waals surface area contributed by atoms with E-state index in [1.807, 2.05) is 13.8 Å². The van der Waals surface area contributed by atoms with Gasteiger partial charge in [0.2, 0.25) is 5.76 Å². The number of hydrogen-bond donors (Lipinski definition) is 0. The molecule has 9 heteroatoms. The van der Waals surface area contributed by atoms with Gasteiger partial charge in [0, 0.05) is 11.8 Å². The molecule has 0 aliphatic carbocycles. The average molecular weight is 440 g/mol. The lowest BCUT2D eigenvalue weighted by atomic mass is 10.1. The summed E-state index contributed by atoms with van der Waals surface area (Å²) in [5.74, 6) is -1.29. The third-order valence-corrected chi connectivity index (χ3v) is 4.34. The Morgan fingerprint density at radius 3 is 2.48 bits per heavy atom. The van der Waals surface area contributed by atoms with Gasteiger partial charge in [0.25, 0.3) is 0 Å². The Kier molecular flexibility index (Phi) is 8.96. The highest BCUT2D eigenvalue weighted by molar-refractivity contribution is 5.71. The first-order valence-corrected chi connectivity index (χ1v) is 10.1. The smallest absolute Gasteiger partial charge is 0.452 e. The molecule has 0 spiro atoms. The Labute approximate surface area is 179 Å². The second-order valence-corrected chi connectivity index (χ2v) is 7.02. The van der Waals surface area contributed by atoms with Crippen LogP contribution in [0, 0.1) is 5.92 Å². The molecule has 2 aromatic rings. The van der Waals surface area contributed by atoms with Crippen LogP contribution in [0.4, 0.5) is 13.2 Å². The summed E-state index contributed by atoms with van der Waals surface area (Å²) in [6.45, 7) is 5.82. The van der Waals surface area contributed by atoms with Crippen molar-refractivity contribution in [2.45, 2.75) is 52.9 Å². The van der Waals surface area contributed by atoms with E-state index < -0.39 is 11.9 Å². The van der Waals surface area contributed by atoms with Crippen LogP contribution < -0.4 is 4.74 Å². The first kappa shape index (κ1) is 24.3. The topological polar surface area (TPSA) is 62.6 Å². The normalized spacial score (nSPS) is 13.0. The number of allylic oxidation sites excluding steroid dienone is 1. The van der Waals surface area contributed by atoms with Crippen LogP contribution in [0.2, 0.25) is 0 Å². The van der Waals surface area contributed by atoms with E-state index in [2.05, 4.69) is 9.84 Å². The average Bonchev–Trinajstić information content (AvgIpc) is 3.17. The number of alkyl halides is 3. The number of nitrogens with zero attached hydrogens (tertiary/aromatic N) is 2. The Bertz CT molecular complexity index is 860. The number of halogens is 3. The van der Waals surface area contributed by atoms with Crippen molar-refractivity contribution in [1.82, 2.24) is 9.78 Å². The van der Waals surface area contributed by atoms with Crippen LogP contribution in [0.1, 0.15) is 44.7 Å². The fourth-order valence-electron chi connectivity index (χ4n) is 2.74. The molecule has 1 aromatic carbocycles. The molecule has 0 amide bonds. The third kappa shape index (κ3) is 7.99. The van der Waals surface area contributed by atoms with Gasteiger partial charge in [-0.2, -0.15) is 18.3 Å². The molecule has 1 atom stereocenters. The van der Waals surface area contributed by atoms with Gasteiger partial charge in [0.1, 0.15) is 18.6 Å².